The number of fused-ring (bicyclic) bond motifs is 2. The van der Waals surface area contributed by atoms with E-state index in [1.54, 1.807) is 27.9 Å². The second-order valence-electron chi connectivity index (χ2n) is 21.1. The van der Waals surface area contributed by atoms with Crippen LogP contribution in [-0.4, -0.2) is 143 Å². The summed E-state index contributed by atoms with van der Waals surface area (Å²) in [4.78, 5) is 115. The Kier molecular flexibility index (Phi) is 20.3. The van der Waals surface area contributed by atoms with Gasteiger partial charge in [0.15, 0.2) is 11.6 Å². The van der Waals surface area contributed by atoms with Gasteiger partial charge in [0.25, 0.3) is 0 Å². The standard InChI is InChI=1S/C56H75N9O10.ClH/c1-30(58-5)51(70)62-49(32(3)66)55(74)64-28-34(21-45(64)53(72)60-43-19-11-15-36-13-7-9-17-41(36)43)23-47(68)38-25-39(27-40(57)26-38)48(69)24-35-22-46(54(73)61-44-20-12-16-37-14-8-10-18-42(37)44)65(29-35)56(75)50(33(4)67)63-52(71)31(2)59-6;/h7-10,13-14,17-18,25-27,30-35,43-46,49-50,58-59,66-67H,11-12,15-16,19-24,28-29,57H2,1-6H3,(H,60,72)(H,61,73)(H,62,70)(H,63,71);1H/t30-,31-,32+,33+,34+,35+,43+,44?,45-,46-,49-,50-;/m0./s1. The van der Waals surface area contributed by atoms with Crippen LogP contribution in [0.4, 0.5) is 5.69 Å². The van der Waals surface area contributed by atoms with Crippen molar-refractivity contribution in [3.8, 4) is 0 Å². The van der Waals surface area contributed by atoms with Gasteiger partial charge in [-0.2, -0.15) is 0 Å². The van der Waals surface area contributed by atoms with Crippen LogP contribution < -0.4 is 37.6 Å². The number of carbonyl (C=O) groups is 8. The fourth-order valence-electron chi connectivity index (χ4n) is 11.2. The Labute approximate surface area is 451 Å². The van der Waals surface area contributed by atoms with E-state index < -0.39 is 107 Å². The van der Waals surface area contributed by atoms with Crippen LogP contribution in [0.15, 0.2) is 66.7 Å². The Bertz CT molecular complexity index is 2460. The van der Waals surface area contributed by atoms with Crippen molar-refractivity contribution in [2.75, 3.05) is 32.9 Å². The Morgan fingerprint density at radius 3 is 1.36 bits per heavy atom. The normalized spacial score (nSPS) is 23.2. The number of hydrogen-bond acceptors (Lipinski definition) is 13. The van der Waals surface area contributed by atoms with E-state index in [0.717, 1.165) is 47.9 Å². The monoisotopic (exact) mass is 1070 g/mol. The van der Waals surface area contributed by atoms with Gasteiger partial charge < -0.3 is 57.6 Å². The van der Waals surface area contributed by atoms with Crippen LogP contribution in [0.3, 0.4) is 0 Å². The number of aryl methyl sites for hydroxylation is 2. The van der Waals surface area contributed by atoms with E-state index in [-0.39, 0.29) is 80.1 Å². The number of aliphatic hydroxyl groups is 2. The van der Waals surface area contributed by atoms with Crippen molar-refractivity contribution in [3.63, 3.8) is 0 Å². The molecule has 2 aliphatic carbocycles. The van der Waals surface area contributed by atoms with Gasteiger partial charge in [0.2, 0.25) is 35.4 Å². The highest BCUT2D eigenvalue weighted by Gasteiger charge is 2.46. The number of likely N-dealkylation sites (tertiary alicyclic amines) is 2. The van der Waals surface area contributed by atoms with E-state index >= 15 is 0 Å². The van der Waals surface area contributed by atoms with Crippen LogP contribution in [0.2, 0.25) is 0 Å². The number of rotatable bonds is 20. The number of nitrogen functional groups attached to an aromatic ring is 1. The first-order chi connectivity index (χ1) is 35.8. The SMILES string of the molecule is CN[C@@H](C)C(=O)N[C@H](C(=O)N1C[C@@H](CC(=O)c2cc(N)cc(C(=O)C[C@H]3C[C@@H](C(=O)N[C@@H]4CCCc5ccccc54)N(C(=O)[C@@H](NC(=O)[C@H](C)NC)[C@@H](C)O)C3)c2)C[C@H]1C(=O)NC1CCCc2ccccc21)[C@@H](C)O.Cl. The molecule has 6 amide bonds. The Morgan fingerprint density at radius 1 is 0.605 bits per heavy atom. The van der Waals surface area contributed by atoms with Crippen LogP contribution in [-0.2, 0) is 41.6 Å². The molecule has 2 aliphatic heterocycles. The summed E-state index contributed by atoms with van der Waals surface area (Å²) in [7, 11) is 3.17. The van der Waals surface area contributed by atoms with Crippen molar-refractivity contribution >= 4 is 65.1 Å². The topological polar surface area (TPSA) is 282 Å². The summed E-state index contributed by atoms with van der Waals surface area (Å²) in [5, 5.41) is 38.8. The molecule has 0 saturated carbocycles. The number of halogens is 1. The van der Waals surface area contributed by atoms with E-state index in [1.807, 2.05) is 48.5 Å². The van der Waals surface area contributed by atoms with Gasteiger partial charge in [-0.3, -0.25) is 38.4 Å². The largest absolute Gasteiger partial charge is 0.399 e. The molecule has 0 aromatic heterocycles. The van der Waals surface area contributed by atoms with Crippen molar-refractivity contribution < 1.29 is 48.6 Å². The van der Waals surface area contributed by atoms with Crippen LogP contribution in [0.25, 0.3) is 0 Å². The zero-order valence-corrected chi connectivity index (χ0v) is 45.1. The fraction of sp³-hybridized carbons (Fsp3) is 0.536. The Morgan fingerprint density at radius 2 is 0.987 bits per heavy atom. The average molecular weight is 1070 g/mol. The van der Waals surface area contributed by atoms with Gasteiger partial charge >= 0.3 is 0 Å². The number of anilines is 1. The lowest BCUT2D eigenvalue weighted by molar-refractivity contribution is -0.144. The number of benzene rings is 3. The number of hydrogen-bond donors (Lipinski definition) is 9. The van der Waals surface area contributed by atoms with Gasteiger partial charge in [0, 0.05) is 42.7 Å². The average Bonchev–Trinajstić information content (AvgIpc) is 4.03. The van der Waals surface area contributed by atoms with E-state index in [4.69, 9.17) is 5.73 Å². The summed E-state index contributed by atoms with van der Waals surface area (Å²) >= 11 is 0. The minimum absolute atomic E-state index is 0. The highest BCUT2D eigenvalue weighted by atomic mass is 35.5. The number of nitrogens with zero attached hydrogens (tertiary/aromatic N) is 2. The molecule has 3 aromatic carbocycles. The second kappa shape index (κ2) is 26.2. The molecule has 12 atom stereocenters. The predicted molar refractivity (Wildman–Crippen MR) is 288 cm³/mol. The second-order valence-corrected chi connectivity index (χ2v) is 21.1. The molecule has 0 spiro atoms. The molecule has 10 N–H and O–H groups in total. The third-order valence-electron chi connectivity index (χ3n) is 15.6. The Hall–Kier alpha value is -6.25. The lowest BCUT2D eigenvalue weighted by Crippen LogP contribution is -2.59. The molecule has 7 rings (SSSR count). The van der Waals surface area contributed by atoms with Crippen molar-refractivity contribution in [2.45, 2.75) is 152 Å². The van der Waals surface area contributed by atoms with Gasteiger partial charge in [0.05, 0.1) is 36.4 Å². The van der Waals surface area contributed by atoms with Gasteiger partial charge in [-0.05, 0) is 145 Å². The molecule has 2 heterocycles. The molecule has 2 saturated heterocycles. The maximum Gasteiger partial charge on any atom is 0.248 e. The van der Waals surface area contributed by atoms with Gasteiger partial charge in [-0.1, -0.05) is 48.5 Å². The summed E-state index contributed by atoms with van der Waals surface area (Å²) in [6, 6.07) is 13.3. The number of aliphatic hydroxyl groups excluding tert-OH is 2. The van der Waals surface area contributed by atoms with E-state index in [1.165, 1.54) is 41.8 Å². The molecule has 1 unspecified atom stereocenters. The predicted octanol–water partition coefficient (Wildman–Crippen LogP) is 2.61. The highest BCUT2D eigenvalue weighted by molar-refractivity contribution is 6.03. The van der Waals surface area contributed by atoms with Crippen molar-refractivity contribution in [1.29, 1.82) is 0 Å². The molecule has 4 aliphatic rings. The maximum atomic E-state index is 14.4. The molecule has 3 aromatic rings. The van der Waals surface area contributed by atoms with Gasteiger partial charge in [0.1, 0.15) is 24.2 Å². The van der Waals surface area contributed by atoms with E-state index in [0.29, 0.717) is 12.8 Å². The molecular weight excluding hydrogens is 994 g/mol. The minimum atomic E-state index is -1.38. The van der Waals surface area contributed by atoms with Crippen LogP contribution in [0, 0.1) is 11.8 Å². The molecule has 19 nitrogen and oxygen atoms in total. The lowest BCUT2D eigenvalue weighted by atomic mass is 9.87. The number of amides is 6. The van der Waals surface area contributed by atoms with Crippen molar-refractivity contribution in [1.82, 2.24) is 41.7 Å². The van der Waals surface area contributed by atoms with Gasteiger partial charge in [-0.15, -0.1) is 12.4 Å². The van der Waals surface area contributed by atoms with Crippen molar-refractivity contribution in [2.24, 2.45) is 11.8 Å². The highest BCUT2D eigenvalue weighted by Crippen LogP contribution is 2.35. The third kappa shape index (κ3) is 13.8. The number of Topliss-reactive ketones (excluding diaryl/α,β-unsaturated/α-hetero) is 2. The first kappa shape index (κ1) is 59.0. The van der Waals surface area contributed by atoms with Crippen LogP contribution in [0.1, 0.15) is 134 Å². The van der Waals surface area contributed by atoms with Gasteiger partial charge in [-0.25, -0.2) is 0 Å². The lowest BCUT2D eigenvalue weighted by Gasteiger charge is -2.32. The number of nitrogens with two attached hydrogens (primary N) is 1. The summed E-state index contributed by atoms with van der Waals surface area (Å²) in [6.45, 7) is 5.90. The third-order valence-corrected chi connectivity index (χ3v) is 15.6. The van der Waals surface area contributed by atoms with Crippen molar-refractivity contribution in [3.05, 3.63) is 100 Å². The smallest absolute Gasteiger partial charge is 0.248 e. The van der Waals surface area contributed by atoms with E-state index in [9.17, 15) is 48.6 Å². The summed E-state index contributed by atoms with van der Waals surface area (Å²) < 4.78 is 0. The zero-order valence-electron chi connectivity index (χ0n) is 44.3. The number of likely N-dealkylation sites (N-methyl/N-ethyl adjacent to an activating group) is 2. The number of carbonyl (C=O) groups excluding carboxylic acids is 8. The molecule has 2 fully saturated rings. The quantitative estimate of drug-likeness (QED) is 0.0582. The first-order valence-electron chi connectivity index (χ1n) is 26.4. The molecule has 412 valence electrons. The number of nitrogens with one attached hydrogen (secondary N) is 6. The van der Waals surface area contributed by atoms with Crippen LogP contribution in [0.5, 0.6) is 0 Å². The maximum absolute atomic E-state index is 14.4. The fourth-order valence-corrected chi connectivity index (χ4v) is 11.2. The first-order valence-corrected chi connectivity index (χ1v) is 26.4. The molecule has 76 heavy (non-hydrogen) atoms. The summed E-state index contributed by atoms with van der Waals surface area (Å²) in [6.07, 6.45) is 2.15. The molecule has 0 bridgehead atoms. The van der Waals surface area contributed by atoms with Crippen LogP contribution >= 0.6 is 12.4 Å². The molecular formula is C56H76ClN9O10. The molecule has 0 radical (unpaired) electrons. The zero-order chi connectivity index (χ0) is 54.2. The Balaban J connectivity index is 0.00000937. The number of ketones is 2. The summed E-state index contributed by atoms with van der Waals surface area (Å²) in [5.74, 6) is -5.09. The molecule has 20 heteroatoms. The van der Waals surface area contributed by atoms with E-state index in [2.05, 4.69) is 31.9 Å². The minimum Gasteiger partial charge on any atom is -0.399 e. The summed E-state index contributed by atoms with van der Waals surface area (Å²) in [5.41, 5.74) is 11.0.